The molecule has 0 rings (SSSR count). The van der Waals surface area contributed by atoms with E-state index in [0.29, 0.717) is 0 Å². The third-order valence-electron chi connectivity index (χ3n) is 6.69. The normalized spacial score (nSPS) is 12.2. The lowest BCUT2D eigenvalue weighted by Gasteiger charge is -2.28. The number of nitrogens with one attached hydrogen (secondary N) is 1. The summed E-state index contributed by atoms with van der Waals surface area (Å²) in [4.78, 5) is 0. The first kappa shape index (κ1) is 31.6. The minimum Gasteiger partial charge on any atom is -0.391 e. The van der Waals surface area contributed by atoms with Gasteiger partial charge in [-0.15, -0.1) is 0 Å². The van der Waals surface area contributed by atoms with Crippen LogP contribution in [0.1, 0.15) is 129 Å². The summed E-state index contributed by atoms with van der Waals surface area (Å²) in [6, 6.07) is 0. The second-order valence-corrected chi connectivity index (χ2v) is 10.6. The van der Waals surface area contributed by atoms with Crippen molar-refractivity contribution >= 4 is 0 Å². The largest absolute Gasteiger partial charge is 0.391 e. The lowest BCUT2D eigenvalue weighted by Crippen LogP contribution is -2.43. The number of likely N-dealkylation sites (N-methyl/N-ethyl adjacent to an activating group) is 1. The maximum atomic E-state index is 9.06. The van der Waals surface area contributed by atoms with Gasteiger partial charge in [-0.1, -0.05) is 103 Å². The second-order valence-electron chi connectivity index (χ2n) is 10.6. The number of aliphatic hydroxyl groups is 1. The quantitative estimate of drug-likeness (QED) is 0.0801. The first-order valence-corrected chi connectivity index (χ1v) is 14.4. The molecule has 0 heterocycles. The number of allylic oxidation sites excluding steroid dienone is 2. The Labute approximate surface area is 203 Å². The van der Waals surface area contributed by atoms with Gasteiger partial charge in [0.25, 0.3) is 0 Å². The molecule has 192 valence electrons. The van der Waals surface area contributed by atoms with Gasteiger partial charge in [-0.25, -0.2) is 0 Å². The zero-order valence-corrected chi connectivity index (χ0v) is 22.5. The minimum absolute atomic E-state index is 0.289. The molecular weight excluding hydrogens is 392 g/mol. The van der Waals surface area contributed by atoms with E-state index in [9.17, 15) is 0 Å². The predicted molar refractivity (Wildman–Crippen MR) is 144 cm³/mol. The smallest absolute Gasteiger partial charge is 0.102 e. The highest BCUT2D eigenvalue weighted by atomic mass is 16.3. The van der Waals surface area contributed by atoms with Gasteiger partial charge in [0.15, 0.2) is 0 Å². The van der Waals surface area contributed by atoms with E-state index in [1.807, 2.05) is 0 Å². The highest BCUT2D eigenvalue weighted by Crippen LogP contribution is 2.12. The summed E-state index contributed by atoms with van der Waals surface area (Å²) in [6.45, 7) is 6.86. The number of quaternary nitrogens is 1. The van der Waals surface area contributed by atoms with Crippen LogP contribution < -0.4 is 5.32 Å². The first-order chi connectivity index (χ1) is 15.6. The molecule has 0 radical (unpaired) electrons. The lowest BCUT2D eigenvalue weighted by molar-refractivity contribution is -0.890. The molecule has 0 aromatic carbocycles. The Morgan fingerprint density at radius 2 is 1.00 bits per heavy atom. The van der Waals surface area contributed by atoms with Crippen LogP contribution in [0.3, 0.4) is 0 Å². The average Bonchev–Trinajstić information content (AvgIpc) is 2.76. The molecule has 0 saturated heterocycles. The summed E-state index contributed by atoms with van der Waals surface area (Å²) in [7, 11) is 4.40. The zero-order valence-electron chi connectivity index (χ0n) is 22.5. The third-order valence-corrected chi connectivity index (χ3v) is 6.69. The van der Waals surface area contributed by atoms with Gasteiger partial charge in [-0.05, 0) is 38.6 Å². The first-order valence-electron chi connectivity index (χ1n) is 14.4. The van der Waals surface area contributed by atoms with E-state index < -0.39 is 0 Å². The molecule has 0 aliphatic heterocycles. The fraction of sp³-hybridized carbons (Fsp3) is 0.931. The topological polar surface area (TPSA) is 32.3 Å². The van der Waals surface area contributed by atoms with Crippen LogP contribution in [-0.2, 0) is 0 Å². The Morgan fingerprint density at radius 3 is 1.50 bits per heavy atom. The Hall–Kier alpha value is -0.380. The van der Waals surface area contributed by atoms with Crippen LogP contribution in [-0.4, -0.2) is 56.5 Å². The molecule has 0 amide bonds. The van der Waals surface area contributed by atoms with Crippen molar-refractivity contribution < 1.29 is 9.59 Å². The molecule has 3 heteroatoms. The van der Waals surface area contributed by atoms with Crippen LogP contribution >= 0.6 is 0 Å². The summed E-state index contributed by atoms with van der Waals surface area (Å²) in [5.74, 6) is 0. The molecule has 0 aromatic heterocycles. The van der Waals surface area contributed by atoms with Crippen molar-refractivity contribution in [2.75, 3.05) is 46.9 Å². The van der Waals surface area contributed by atoms with Gasteiger partial charge in [-0.2, -0.15) is 0 Å². The van der Waals surface area contributed by atoms with Gasteiger partial charge < -0.3 is 14.9 Å². The van der Waals surface area contributed by atoms with Gasteiger partial charge in [0.05, 0.1) is 27.2 Å². The molecule has 0 saturated carbocycles. The molecule has 0 bridgehead atoms. The molecule has 0 aliphatic carbocycles. The highest BCUT2D eigenvalue weighted by Gasteiger charge is 2.12. The molecular formula is C29H61N2O+. The maximum Gasteiger partial charge on any atom is 0.102 e. The Bertz CT molecular complexity index is 381. The van der Waals surface area contributed by atoms with Crippen molar-refractivity contribution in [3.8, 4) is 0 Å². The summed E-state index contributed by atoms with van der Waals surface area (Å²) >= 11 is 0. The number of rotatable bonds is 26. The van der Waals surface area contributed by atoms with E-state index in [2.05, 4.69) is 38.5 Å². The number of hydrogen-bond acceptors (Lipinski definition) is 2. The molecule has 0 unspecified atom stereocenters. The van der Waals surface area contributed by atoms with Crippen molar-refractivity contribution in [1.82, 2.24) is 5.32 Å². The van der Waals surface area contributed by atoms with Crippen LogP contribution in [0.2, 0.25) is 0 Å². The second kappa shape index (κ2) is 25.2. The van der Waals surface area contributed by atoms with Crippen LogP contribution in [0.4, 0.5) is 0 Å². The average molecular weight is 454 g/mol. The van der Waals surface area contributed by atoms with E-state index in [0.717, 1.165) is 24.1 Å². The Balaban J connectivity index is 3.14. The minimum atomic E-state index is 0.289. The summed E-state index contributed by atoms with van der Waals surface area (Å²) in [5, 5.41) is 12.6. The standard InChI is InChI=1S/C29H61N2O/c1-4-5-6-7-8-9-10-11-12-13-14-15-16-17-18-19-20-21-22-23-25-30-26-24-27-31(2,3)28-29-32/h11-12,30,32H,4-10,13-29H2,1-3H3/q+1. The van der Waals surface area contributed by atoms with Gasteiger partial charge in [0.1, 0.15) is 6.54 Å². The number of unbranched alkanes of at least 4 members (excludes halogenated alkanes) is 16. The highest BCUT2D eigenvalue weighted by molar-refractivity contribution is 4.81. The van der Waals surface area contributed by atoms with Crippen molar-refractivity contribution in [1.29, 1.82) is 0 Å². The van der Waals surface area contributed by atoms with Gasteiger partial charge in [0, 0.05) is 13.0 Å². The summed E-state index contributed by atoms with van der Waals surface area (Å²) < 4.78 is 0.925. The zero-order chi connectivity index (χ0) is 23.6. The van der Waals surface area contributed by atoms with Gasteiger partial charge in [-0.3, -0.25) is 0 Å². The van der Waals surface area contributed by atoms with Crippen molar-refractivity contribution in [2.24, 2.45) is 0 Å². The fourth-order valence-corrected chi connectivity index (χ4v) is 4.34. The Kier molecular flexibility index (Phi) is 24.9. The molecule has 2 N–H and O–H groups in total. The van der Waals surface area contributed by atoms with Crippen LogP contribution in [0.5, 0.6) is 0 Å². The maximum absolute atomic E-state index is 9.06. The van der Waals surface area contributed by atoms with Crippen molar-refractivity contribution in [3.63, 3.8) is 0 Å². The van der Waals surface area contributed by atoms with E-state index in [1.54, 1.807) is 0 Å². The molecule has 3 nitrogen and oxygen atoms in total. The monoisotopic (exact) mass is 453 g/mol. The molecule has 32 heavy (non-hydrogen) atoms. The summed E-state index contributed by atoms with van der Waals surface area (Å²) in [6.07, 6.45) is 31.2. The molecule has 0 spiro atoms. The van der Waals surface area contributed by atoms with Gasteiger partial charge in [0.2, 0.25) is 0 Å². The Morgan fingerprint density at radius 1 is 0.562 bits per heavy atom. The van der Waals surface area contributed by atoms with Crippen molar-refractivity contribution in [3.05, 3.63) is 12.2 Å². The third kappa shape index (κ3) is 25.9. The molecule has 0 aromatic rings. The SMILES string of the molecule is CCCCCCCCC=CCCCCCCCCCCCCNCCC[N+](C)(C)CCO. The summed E-state index contributed by atoms with van der Waals surface area (Å²) in [5.41, 5.74) is 0. The molecule has 0 fully saturated rings. The fourth-order valence-electron chi connectivity index (χ4n) is 4.34. The number of aliphatic hydroxyl groups excluding tert-OH is 1. The van der Waals surface area contributed by atoms with Crippen LogP contribution in [0.15, 0.2) is 12.2 Å². The lowest BCUT2D eigenvalue weighted by atomic mass is 10.1. The van der Waals surface area contributed by atoms with Crippen molar-refractivity contribution in [2.45, 2.75) is 129 Å². The van der Waals surface area contributed by atoms with E-state index in [1.165, 1.54) is 129 Å². The predicted octanol–water partition coefficient (Wildman–Crippen LogP) is 7.63. The number of hydrogen-bond donors (Lipinski definition) is 2. The van der Waals surface area contributed by atoms with Crippen LogP contribution in [0.25, 0.3) is 0 Å². The molecule has 0 aliphatic rings. The van der Waals surface area contributed by atoms with Gasteiger partial charge >= 0.3 is 0 Å². The van der Waals surface area contributed by atoms with E-state index in [4.69, 9.17) is 5.11 Å². The number of nitrogens with zero attached hydrogens (tertiary/aromatic N) is 1. The van der Waals surface area contributed by atoms with Crippen LogP contribution in [0, 0.1) is 0 Å². The molecule has 0 atom stereocenters. The van der Waals surface area contributed by atoms with E-state index in [-0.39, 0.29) is 6.61 Å². The van der Waals surface area contributed by atoms with E-state index >= 15 is 0 Å².